The van der Waals surface area contributed by atoms with Gasteiger partial charge in [0.05, 0.1) is 32.0 Å². The van der Waals surface area contributed by atoms with Gasteiger partial charge in [-0.2, -0.15) is 5.26 Å². The van der Waals surface area contributed by atoms with E-state index >= 15 is 0 Å². The fourth-order valence-electron chi connectivity index (χ4n) is 3.81. The summed E-state index contributed by atoms with van der Waals surface area (Å²) in [6.45, 7) is 8.10. The Hall–Kier alpha value is -6.15. The van der Waals surface area contributed by atoms with Crippen LogP contribution in [-0.2, 0) is 23.9 Å². The number of carbonyl (C=O) groups excluding carboxylic acids is 4. The number of nitriles is 1. The van der Waals surface area contributed by atoms with E-state index in [-0.39, 0.29) is 30.3 Å². The van der Waals surface area contributed by atoms with Crippen LogP contribution in [0.2, 0.25) is 0 Å². The fourth-order valence-corrected chi connectivity index (χ4v) is 3.81. The fraction of sp³-hybridized carbons (Fsp3) is 0.216. The molecule has 0 saturated heterocycles. The van der Waals surface area contributed by atoms with Crippen molar-refractivity contribution in [3.8, 4) is 29.1 Å². The Balaban J connectivity index is 1.42. The largest absolute Gasteiger partial charge is 0.494 e. The quantitative estimate of drug-likeness (QED) is 0.0479. The Kier molecular flexibility index (Phi) is 15.2. The van der Waals surface area contributed by atoms with Crippen molar-refractivity contribution in [3.05, 3.63) is 115 Å². The van der Waals surface area contributed by atoms with E-state index in [4.69, 9.17) is 28.4 Å². The first-order valence-electron chi connectivity index (χ1n) is 15.0. The molecule has 0 unspecified atom stereocenters. The third-order valence-electron chi connectivity index (χ3n) is 6.30. The average molecular weight is 654 g/mol. The predicted molar refractivity (Wildman–Crippen MR) is 175 cm³/mol. The Morgan fingerprint density at radius 1 is 0.604 bits per heavy atom. The summed E-state index contributed by atoms with van der Waals surface area (Å²) in [4.78, 5) is 47.2. The molecule has 0 atom stereocenters. The van der Waals surface area contributed by atoms with Gasteiger partial charge in [-0.15, -0.1) is 0 Å². The van der Waals surface area contributed by atoms with E-state index in [9.17, 15) is 24.4 Å². The van der Waals surface area contributed by atoms with Crippen molar-refractivity contribution >= 4 is 30.0 Å². The second kappa shape index (κ2) is 20.1. The van der Waals surface area contributed by atoms with E-state index in [1.165, 1.54) is 30.3 Å². The normalized spacial score (nSPS) is 10.5. The summed E-state index contributed by atoms with van der Waals surface area (Å²) in [6, 6.07) is 20.9. The Morgan fingerprint density at radius 3 is 1.52 bits per heavy atom. The first-order chi connectivity index (χ1) is 23.3. The summed E-state index contributed by atoms with van der Waals surface area (Å²) in [7, 11) is 0. The molecule has 0 radical (unpaired) electrons. The molecule has 0 aliphatic heterocycles. The second-order valence-electron chi connectivity index (χ2n) is 9.87. The topological polar surface area (TPSA) is 147 Å². The lowest BCUT2D eigenvalue weighted by Gasteiger charge is -2.08. The van der Waals surface area contributed by atoms with Gasteiger partial charge in [-0.3, -0.25) is 0 Å². The first kappa shape index (κ1) is 36.3. The Bertz CT molecular complexity index is 1620. The van der Waals surface area contributed by atoms with Gasteiger partial charge in [0, 0.05) is 12.2 Å². The standard InChI is InChI=1S/C37H35NO10/c1-3-34(39)45-23-7-5-21-43-30-13-9-27(10-14-30)25-29(26-38)37(42)48-33-19-17-32(18-20-33)47-36(41)28-11-15-31(16-12-28)44-22-6-8-24-46-35(40)4-2/h3-4,9-20,25H,1-2,5-8,21-24H2/b29-25+. The predicted octanol–water partition coefficient (Wildman–Crippen LogP) is 6.19. The average Bonchev–Trinajstić information content (AvgIpc) is 3.11. The number of hydrogen-bond acceptors (Lipinski definition) is 11. The molecule has 48 heavy (non-hydrogen) atoms. The van der Waals surface area contributed by atoms with Crippen LogP contribution in [0.25, 0.3) is 6.08 Å². The summed E-state index contributed by atoms with van der Waals surface area (Å²) < 4.78 is 31.8. The van der Waals surface area contributed by atoms with E-state index in [1.54, 1.807) is 48.5 Å². The van der Waals surface area contributed by atoms with Crippen LogP contribution in [-0.4, -0.2) is 50.3 Å². The summed E-state index contributed by atoms with van der Waals surface area (Å²) in [6.07, 6.45) is 6.29. The number of esters is 4. The molecule has 248 valence electrons. The van der Waals surface area contributed by atoms with Gasteiger partial charge < -0.3 is 28.4 Å². The highest BCUT2D eigenvalue weighted by Gasteiger charge is 2.14. The number of nitrogens with zero attached hydrogens (tertiary/aromatic N) is 1. The summed E-state index contributed by atoms with van der Waals surface area (Å²) >= 11 is 0. The van der Waals surface area contributed by atoms with E-state index < -0.39 is 23.9 Å². The lowest BCUT2D eigenvalue weighted by molar-refractivity contribution is -0.138. The smallest absolute Gasteiger partial charge is 0.354 e. The van der Waals surface area contributed by atoms with Gasteiger partial charge >= 0.3 is 23.9 Å². The SMILES string of the molecule is C=CC(=O)OCCCCOc1ccc(/C=C(\C#N)C(=O)Oc2ccc(OC(=O)c3ccc(OCCCCOC(=O)C=C)cc3)cc2)cc1. The molecule has 3 aromatic carbocycles. The van der Waals surface area contributed by atoms with Crippen LogP contribution in [0.3, 0.4) is 0 Å². The molecule has 0 aliphatic carbocycles. The minimum Gasteiger partial charge on any atom is -0.494 e. The van der Waals surface area contributed by atoms with E-state index in [0.29, 0.717) is 61.5 Å². The third-order valence-corrected chi connectivity index (χ3v) is 6.30. The molecular weight excluding hydrogens is 618 g/mol. The van der Waals surface area contributed by atoms with E-state index in [2.05, 4.69) is 13.2 Å². The van der Waals surface area contributed by atoms with Crippen molar-refractivity contribution in [2.45, 2.75) is 25.7 Å². The molecule has 0 N–H and O–H groups in total. The Labute approximate surface area is 278 Å². The van der Waals surface area contributed by atoms with Crippen LogP contribution < -0.4 is 18.9 Å². The monoisotopic (exact) mass is 653 g/mol. The second-order valence-corrected chi connectivity index (χ2v) is 9.87. The minimum absolute atomic E-state index is 0.157. The van der Waals surface area contributed by atoms with Crippen molar-refractivity contribution in [2.24, 2.45) is 0 Å². The molecule has 0 fully saturated rings. The molecule has 0 bridgehead atoms. The molecule has 11 nitrogen and oxygen atoms in total. The van der Waals surface area contributed by atoms with Crippen LogP contribution in [0.5, 0.6) is 23.0 Å². The number of hydrogen-bond donors (Lipinski definition) is 0. The van der Waals surface area contributed by atoms with E-state index in [0.717, 1.165) is 12.2 Å². The van der Waals surface area contributed by atoms with E-state index in [1.807, 2.05) is 6.07 Å². The van der Waals surface area contributed by atoms with Crippen molar-refractivity contribution in [1.82, 2.24) is 0 Å². The van der Waals surface area contributed by atoms with Crippen molar-refractivity contribution in [3.63, 3.8) is 0 Å². The van der Waals surface area contributed by atoms with Crippen molar-refractivity contribution in [1.29, 1.82) is 5.26 Å². The molecule has 0 saturated carbocycles. The summed E-state index contributed by atoms with van der Waals surface area (Å²) in [5, 5.41) is 9.53. The number of rotatable bonds is 19. The molecule has 3 rings (SSSR count). The zero-order valence-electron chi connectivity index (χ0n) is 26.3. The maximum Gasteiger partial charge on any atom is 0.354 e. The maximum atomic E-state index is 12.6. The summed E-state index contributed by atoms with van der Waals surface area (Å²) in [5.74, 6) is -0.788. The zero-order valence-corrected chi connectivity index (χ0v) is 26.3. The highest BCUT2D eigenvalue weighted by Crippen LogP contribution is 2.21. The van der Waals surface area contributed by atoms with Gasteiger partial charge in [0.2, 0.25) is 0 Å². The van der Waals surface area contributed by atoms with Gasteiger partial charge in [-0.1, -0.05) is 25.3 Å². The molecule has 3 aromatic rings. The third kappa shape index (κ3) is 13.1. The van der Waals surface area contributed by atoms with Gasteiger partial charge in [0.25, 0.3) is 0 Å². The number of ether oxygens (including phenoxy) is 6. The summed E-state index contributed by atoms with van der Waals surface area (Å²) in [5.41, 5.74) is 0.689. The molecule has 11 heteroatoms. The van der Waals surface area contributed by atoms with Crippen LogP contribution in [0.1, 0.15) is 41.6 Å². The molecule has 0 spiro atoms. The Morgan fingerprint density at radius 2 is 1.04 bits per heavy atom. The van der Waals surface area contributed by atoms with Gasteiger partial charge in [0.15, 0.2) is 0 Å². The highest BCUT2D eigenvalue weighted by atomic mass is 16.5. The number of unbranched alkanes of at least 4 members (excludes halogenated alkanes) is 2. The highest BCUT2D eigenvalue weighted by molar-refractivity contribution is 5.99. The minimum atomic E-state index is -0.849. The zero-order chi connectivity index (χ0) is 34.6. The van der Waals surface area contributed by atoms with Crippen molar-refractivity contribution in [2.75, 3.05) is 26.4 Å². The van der Waals surface area contributed by atoms with Crippen LogP contribution in [0.15, 0.2) is 104 Å². The molecular formula is C37H35NO10. The van der Waals surface area contributed by atoms with Crippen LogP contribution in [0.4, 0.5) is 0 Å². The lowest BCUT2D eigenvalue weighted by Crippen LogP contribution is -2.10. The lowest BCUT2D eigenvalue weighted by atomic mass is 10.1. The first-order valence-corrected chi connectivity index (χ1v) is 15.0. The van der Waals surface area contributed by atoms with Crippen molar-refractivity contribution < 1.29 is 47.6 Å². The van der Waals surface area contributed by atoms with Gasteiger partial charge in [-0.05, 0) is 98.0 Å². The molecule has 0 heterocycles. The van der Waals surface area contributed by atoms with Gasteiger partial charge in [0.1, 0.15) is 34.6 Å². The number of benzene rings is 3. The molecule has 0 aliphatic rings. The molecule has 0 amide bonds. The van der Waals surface area contributed by atoms with Crippen LogP contribution in [0, 0.1) is 11.3 Å². The van der Waals surface area contributed by atoms with Crippen LogP contribution >= 0.6 is 0 Å². The maximum absolute atomic E-state index is 12.6. The van der Waals surface area contributed by atoms with Gasteiger partial charge in [-0.25, -0.2) is 19.2 Å². The number of carbonyl (C=O) groups is 4. The molecule has 0 aromatic heterocycles.